The number of ether oxygens (including phenoxy) is 1. The van der Waals surface area contributed by atoms with Crippen molar-refractivity contribution < 1.29 is 14.3 Å². The molecule has 1 aliphatic heterocycles. The van der Waals surface area contributed by atoms with Crippen LogP contribution in [0.1, 0.15) is 53.4 Å². The van der Waals surface area contributed by atoms with Gasteiger partial charge in [0.2, 0.25) is 5.91 Å². The van der Waals surface area contributed by atoms with Crippen molar-refractivity contribution in [3.05, 3.63) is 10.6 Å². The largest absolute Gasteiger partial charge is 0.465 e. The van der Waals surface area contributed by atoms with Gasteiger partial charge in [-0.2, -0.15) is 23.5 Å². The molecule has 1 aliphatic carbocycles. The molecule has 24 heavy (non-hydrogen) atoms. The molecule has 3 rings (SSSR count). The first-order chi connectivity index (χ1) is 11.7. The van der Waals surface area contributed by atoms with Crippen LogP contribution in [0.4, 0.5) is 5.13 Å². The van der Waals surface area contributed by atoms with Gasteiger partial charge >= 0.3 is 5.97 Å². The molecule has 2 heterocycles. The number of hydrogen-bond acceptors (Lipinski definition) is 7. The fourth-order valence-electron chi connectivity index (χ4n) is 3.13. The Kier molecular flexibility index (Phi) is 6.46. The lowest BCUT2D eigenvalue weighted by Gasteiger charge is -2.19. The van der Waals surface area contributed by atoms with Crippen LogP contribution < -0.4 is 5.32 Å². The van der Waals surface area contributed by atoms with Crippen LogP contribution in [-0.2, 0) is 9.53 Å². The number of aromatic nitrogens is 1. The molecule has 1 aromatic rings. The van der Waals surface area contributed by atoms with Gasteiger partial charge in [-0.05, 0) is 12.8 Å². The van der Waals surface area contributed by atoms with Crippen LogP contribution in [-0.4, -0.2) is 46.5 Å². The standard InChI is InChI=1S/C16H22N2O3S3/c1-21-15(20)14-13(10-4-2-3-5-10)18-16(24-14)17-12(19)8-11-9-22-6-7-23-11/h10-11H,2-9H2,1H3,(H,17,18,19)/t11-/m1/s1. The third-order valence-corrected chi connectivity index (χ3v) is 8.12. The average molecular weight is 387 g/mol. The van der Waals surface area contributed by atoms with Gasteiger partial charge in [0.05, 0.1) is 12.8 Å². The molecule has 8 heteroatoms. The first kappa shape index (κ1) is 18.1. The van der Waals surface area contributed by atoms with E-state index in [4.69, 9.17) is 4.74 Å². The van der Waals surface area contributed by atoms with E-state index in [1.54, 1.807) is 0 Å². The van der Waals surface area contributed by atoms with E-state index < -0.39 is 0 Å². The minimum atomic E-state index is -0.353. The molecule has 1 N–H and O–H groups in total. The molecule has 0 bridgehead atoms. The van der Waals surface area contributed by atoms with E-state index in [2.05, 4.69) is 10.3 Å². The van der Waals surface area contributed by atoms with Crippen LogP contribution in [0, 0.1) is 0 Å². The van der Waals surface area contributed by atoms with Crippen molar-refractivity contribution in [1.82, 2.24) is 4.98 Å². The predicted molar refractivity (Wildman–Crippen MR) is 101 cm³/mol. The Morgan fingerprint density at radius 3 is 2.75 bits per heavy atom. The molecule has 0 aromatic carbocycles. The molecule has 132 valence electrons. The summed E-state index contributed by atoms with van der Waals surface area (Å²) < 4.78 is 4.89. The zero-order valence-electron chi connectivity index (χ0n) is 13.7. The highest BCUT2D eigenvalue weighted by Gasteiger charge is 2.28. The van der Waals surface area contributed by atoms with Gasteiger partial charge in [-0.25, -0.2) is 9.78 Å². The van der Waals surface area contributed by atoms with E-state index in [0.717, 1.165) is 30.0 Å². The molecule has 1 amide bonds. The lowest BCUT2D eigenvalue weighted by molar-refractivity contribution is -0.116. The number of nitrogens with one attached hydrogen (secondary N) is 1. The number of anilines is 1. The summed E-state index contributed by atoms with van der Waals surface area (Å²) in [5, 5.41) is 3.79. The van der Waals surface area contributed by atoms with Gasteiger partial charge in [0.25, 0.3) is 0 Å². The van der Waals surface area contributed by atoms with E-state index in [1.807, 2.05) is 23.5 Å². The van der Waals surface area contributed by atoms with E-state index in [0.29, 0.717) is 27.6 Å². The van der Waals surface area contributed by atoms with Crippen LogP contribution in [0.15, 0.2) is 0 Å². The maximum absolute atomic E-state index is 12.3. The molecule has 1 aromatic heterocycles. The summed E-state index contributed by atoms with van der Waals surface area (Å²) in [4.78, 5) is 29.4. The normalized spacial score (nSPS) is 21.6. The van der Waals surface area contributed by atoms with E-state index in [-0.39, 0.29) is 11.9 Å². The van der Waals surface area contributed by atoms with Crippen molar-refractivity contribution in [2.75, 3.05) is 29.7 Å². The first-order valence-electron chi connectivity index (χ1n) is 8.25. The Labute approximate surface area is 154 Å². The lowest BCUT2D eigenvalue weighted by Crippen LogP contribution is -2.22. The molecule has 1 saturated carbocycles. The third-order valence-electron chi connectivity index (χ3n) is 4.31. The summed E-state index contributed by atoms with van der Waals surface area (Å²) in [5.74, 6) is 3.25. The molecule has 1 saturated heterocycles. The van der Waals surface area contributed by atoms with E-state index >= 15 is 0 Å². The fraction of sp³-hybridized carbons (Fsp3) is 0.688. The van der Waals surface area contributed by atoms with Crippen molar-refractivity contribution in [2.45, 2.75) is 43.3 Å². The van der Waals surface area contributed by atoms with Gasteiger partial charge in [-0.3, -0.25) is 4.79 Å². The zero-order chi connectivity index (χ0) is 16.9. The summed E-state index contributed by atoms with van der Waals surface area (Å²) in [5.41, 5.74) is 0.808. The van der Waals surface area contributed by atoms with Crippen LogP contribution in [0.2, 0.25) is 0 Å². The van der Waals surface area contributed by atoms with Gasteiger partial charge < -0.3 is 10.1 Å². The van der Waals surface area contributed by atoms with Crippen LogP contribution in [0.25, 0.3) is 0 Å². The SMILES string of the molecule is COC(=O)c1sc(NC(=O)C[C@@H]2CSCCS2)nc1C1CCCC1. The van der Waals surface area contributed by atoms with E-state index in [9.17, 15) is 9.59 Å². The summed E-state index contributed by atoms with van der Waals surface area (Å²) in [6.45, 7) is 0. The summed E-state index contributed by atoms with van der Waals surface area (Å²) in [6, 6.07) is 0. The Balaban J connectivity index is 1.68. The van der Waals surface area contributed by atoms with Gasteiger partial charge in [-0.15, -0.1) is 0 Å². The highest BCUT2D eigenvalue weighted by molar-refractivity contribution is 8.06. The third kappa shape index (κ3) is 4.46. The first-order valence-corrected chi connectivity index (χ1v) is 11.3. The monoisotopic (exact) mass is 386 g/mol. The van der Waals surface area contributed by atoms with Crippen molar-refractivity contribution in [1.29, 1.82) is 0 Å². The Hall–Kier alpha value is -0.730. The van der Waals surface area contributed by atoms with Gasteiger partial charge in [0, 0.05) is 34.8 Å². The van der Waals surface area contributed by atoms with Crippen LogP contribution in [0.3, 0.4) is 0 Å². The predicted octanol–water partition coefficient (Wildman–Crippen LogP) is 3.76. The second kappa shape index (κ2) is 8.58. The van der Waals surface area contributed by atoms with Gasteiger partial charge in [0.1, 0.15) is 4.88 Å². The van der Waals surface area contributed by atoms with Crippen molar-refractivity contribution in [2.24, 2.45) is 0 Å². The molecule has 0 radical (unpaired) electrons. The Morgan fingerprint density at radius 2 is 2.08 bits per heavy atom. The number of carbonyl (C=O) groups excluding carboxylic acids is 2. The molecule has 0 unspecified atom stereocenters. The van der Waals surface area contributed by atoms with Crippen molar-refractivity contribution >= 4 is 51.9 Å². The van der Waals surface area contributed by atoms with Gasteiger partial charge in [-0.1, -0.05) is 24.2 Å². The molecular formula is C16H22N2O3S3. The van der Waals surface area contributed by atoms with Gasteiger partial charge in [0.15, 0.2) is 5.13 Å². The second-order valence-electron chi connectivity index (χ2n) is 6.03. The topological polar surface area (TPSA) is 68.3 Å². The number of esters is 1. The van der Waals surface area contributed by atoms with E-state index in [1.165, 1.54) is 37.0 Å². The number of nitrogens with zero attached hydrogens (tertiary/aromatic N) is 1. The average Bonchev–Trinajstić information content (AvgIpc) is 3.24. The minimum absolute atomic E-state index is 0.0156. The van der Waals surface area contributed by atoms with Crippen molar-refractivity contribution in [3.63, 3.8) is 0 Å². The molecule has 2 fully saturated rings. The number of amides is 1. The lowest BCUT2D eigenvalue weighted by atomic mass is 10.0. The molecule has 5 nitrogen and oxygen atoms in total. The number of thiazole rings is 1. The number of carbonyl (C=O) groups is 2. The fourth-order valence-corrected chi connectivity index (χ4v) is 6.80. The van der Waals surface area contributed by atoms with Crippen molar-refractivity contribution in [3.8, 4) is 0 Å². The Bertz CT molecular complexity index is 593. The molecule has 1 atom stereocenters. The highest BCUT2D eigenvalue weighted by Crippen LogP contribution is 2.39. The quantitative estimate of drug-likeness (QED) is 0.777. The summed E-state index contributed by atoms with van der Waals surface area (Å²) in [7, 11) is 1.39. The summed E-state index contributed by atoms with van der Waals surface area (Å²) >= 11 is 5.01. The summed E-state index contributed by atoms with van der Waals surface area (Å²) in [6.07, 6.45) is 4.94. The Morgan fingerprint density at radius 1 is 1.29 bits per heavy atom. The minimum Gasteiger partial charge on any atom is -0.465 e. The number of rotatable bonds is 5. The maximum Gasteiger partial charge on any atom is 0.350 e. The van der Waals surface area contributed by atoms with Crippen LogP contribution >= 0.6 is 34.9 Å². The molecule has 2 aliphatic rings. The molecule has 0 spiro atoms. The second-order valence-corrected chi connectivity index (χ2v) is 9.58. The highest BCUT2D eigenvalue weighted by atomic mass is 32.2. The smallest absolute Gasteiger partial charge is 0.350 e. The van der Waals surface area contributed by atoms with Crippen LogP contribution in [0.5, 0.6) is 0 Å². The molecular weight excluding hydrogens is 364 g/mol. The number of hydrogen-bond donors (Lipinski definition) is 1. The number of thioether (sulfide) groups is 2. The number of methoxy groups -OCH3 is 1. The maximum atomic E-state index is 12.3. The zero-order valence-corrected chi connectivity index (χ0v) is 16.2.